The summed E-state index contributed by atoms with van der Waals surface area (Å²) in [6, 6.07) is 15.3. The third kappa shape index (κ3) is 4.48. The quantitative estimate of drug-likeness (QED) is 0.722. The van der Waals surface area contributed by atoms with E-state index in [-0.39, 0.29) is 12.1 Å². The number of hydrogen-bond donors (Lipinski definition) is 3. The average Bonchev–Trinajstić information content (AvgIpc) is 2.64. The minimum absolute atomic E-state index is 0.0428. The van der Waals surface area contributed by atoms with Gasteiger partial charge in [-0.2, -0.15) is 5.26 Å². The third-order valence-corrected chi connectivity index (χ3v) is 3.12. The predicted octanol–water partition coefficient (Wildman–Crippen LogP) is 1.44. The Kier molecular flexibility index (Phi) is 5.75. The number of rotatable bonds is 5. The summed E-state index contributed by atoms with van der Waals surface area (Å²) < 4.78 is 5.17. The summed E-state index contributed by atoms with van der Waals surface area (Å²) in [5.41, 5.74) is 5.92. The number of hydrazine groups is 1. The molecule has 0 aliphatic heterocycles. The van der Waals surface area contributed by atoms with Crippen molar-refractivity contribution in [3.8, 4) is 11.8 Å². The number of carbonyl (C=O) groups is 2. The lowest BCUT2D eigenvalue weighted by molar-refractivity contribution is -0.120. The molecule has 0 aromatic heterocycles. The zero-order chi connectivity index (χ0) is 17.4. The van der Waals surface area contributed by atoms with E-state index in [1.165, 1.54) is 13.2 Å². The maximum absolute atomic E-state index is 11.9. The Morgan fingerprint density at radius 1 is 1.12 bits per heavy atom. The van der Waals surface area contributed by atoms with Crippen LogP contribution in [0.3, 0.4) is 0 Å². The number of amides is 2. The van der Waals surface area contributed by atoms with Gasteiger partial charge in [0.1, 0.15) is 5.75 Å². The average molecular weight is 324 g/mol. The van der Waals surface area contributed by atoms with Crippen molar-refractivity contribution in [1.82, 2.24) is 10.9 Å². The first kappa shape index (κ1) is 16.8. The minimum Gasteiger partial charge on any atom is -0.495 e. The zero-order valence-electron chi connectivity index (χ0n) is 13.0. The largest absolute Gasteiger partial charge is 0.495 e. The standard InChI is InChI=1S/C17H16N4O3/c1-24-15-8-3-2-7-14(15)19-11-16(22)20-21-17(23)13-6-4-5-12(9-13)10-18/h2-9,19H,11H2,1H3,(H,20,22)(H,21,23). The van der Waals surface area contributed by atoms with Crippen molar-refractivity contribution >= 4 is 17.5 Å². The molecule has 2 amide bonds. The van der Waals surface area contributed by atoms with E-state index in [2.05, 4.69) is 16.2 Å². The topological polar surface area (TPSA) is 103 Å². The SMILES string of the molecule is COc1ccccc1NCC(=O)NNC(=O)c1cccc(C#N)c1. The molecule has 2 aromatic carbocycles. The third-order valence-electron chi connectivity index (χ3n) is 3.12. The van der Waals surface area contributed by atoms with Gasteiger partial charge in [-0.05, 0) is 30.3 Å². The Balaban J connectivity index is 1.84. The van der Waals surface area contributed by atoms with Gasteiger partial charge in [-0.25, -0.2) is 0 Å². The monoisotopic (exact) mass is 324 g/mol. The van der Waals surface area contributed by atoms with Crippen LogP contribution in [0.2, 0.25) is 0 Å². The van der Waals surface area contributed by atoms with Crippen molar-refractivity contribution in [3.63, 3.8) is 0 Å². The summed E-state index contributed by atoms with van der Waals surface area (Å²) in [5, 5.41) is 11.7. The van der Waals surface area contributed by atoms with Crippen LogP contribution in [-0.2, 0) is 4.79 Å². The normalized spacial score (nSPS) is 9.50. The number of hydrogen-bond acceptors (Lipinski definition) is 5. The van der Waals surface area contributed by atoms with Gasteiger partial charge in [0, 0.05) is 5.56 Å². The highest BCUT2D eigenvalue weighted by Crippen LogP contribution is 2.22. The van der Waals surface area contributed by atoms with Crippen molar-refractivity contribution in [2.45, 2.75) is 0 Å². The summed E-state index contributed by atoms with van der Waals surface area (Å²) >= 11 is 0. The Morgan fingerprint density at radius 3 is 2.67 bits per heavy atom. The smallest absolute Gasteiger partial charge is 0.269 e. The lowest BCUT2D eigenvalue weighted by atomic mass is 10.1. The molecule has 24 heavy (non-hydrogen) atoms. The van der Waals surface area contributed by atoms with Gasteiger partial charge in [0.2, 0.25) is 0 Å². The van der Waals surface area contributed by atoms with Crippen molar-refractivity contribution < 1.29 is 14.3 Å². The van der Waals surface area contributed by atoms with Crippen molar-refractivity contribution in [1.29, 1.82) is 5.26 Å². The van der Waals surface area contributed by atoms with Gasteiger partial charge >= 0.3 is 0 Å². The number of anilines is 1. The number of nitriles is 1. The first-order chi connectivity index (χ1) is 11.6. The predicted molar refractivity (Wildman–Crippen MR) is 88.2 cm³/mol. The van der Waals surface area contributed by atoms with Gasteiger partial charge in [-0.15, -0.1) is 0 Å². The fraction of sp³-hybridized carbons (Fsp3) is 0.118. The van der Waals surface area contributed by atoms with E-state index in [9.17, 15) is 9.59 Å². The lowest BCUT2D eigenvalue weighted by Gasteiger charge is -2.11. The van der Waals surface area contributed by atoms with Gasteiger partial charge in [0.15, 0.2) is 0 Å². The van der Waals surface area contributed by atoms with Crippen LogP contribution in [0.5, 0.6) is 5.75 Å². The van der Waals surface area contributed by atoms with Crippen molar-refractivity contribution in [3.05, 3.63) is 59.7 Å². The first-order valence-corrected chi connectivity index (χ1v) is 7.10. The molecule has 0 saturated heterocycles. The molecule has 7 heteroatoms. The second-order valence-corrected chi connectivity index (χ2v) is 4.75. The molecule has 2 aromatic rings. The summed E-state index contributed by atoms with van der Waals surface area (Å²) in [6.45, 7) is -0.0428. The maximum atomic E-state index is 11.9. The van der Waals surface area contributed by atoms with Crippen LogP contribution in [0.4, 0.5) is 5.69 Å². The van der Waals surface area contributed by atoms with E-state index in [0.717, 1.165) is 0 Å². The van der Waals surface area contributed by atoms with Crippen LogP contribution >= 0.6 is 0 Å². The molecule has 3 N–H and O–H groups in total. The maximum Gasteiger partial charge on any atom is 0.269 e. The van der Waals surface area contributed by atoms with Crippen LogP contribution in [-0.4, -0.2) is 25.5 Å². The molecule has 122 valence electrons. The fourth-order valence-corrected chi connectivity index (χ4v) is 1.94. The first-order valence-electron chi connectivity index (χ1n) is 7.10. The van der Waals surface area contributed by atoms with E-state index >= 15 is 0 Å². The van der Waals surface area contributed by atoms with E-state index in [0.29, 0.717) is 17.0 Å². The molecule has 0 radical (unpaired) electrons. The fourth-order valence-electron chi connectivity index (χ4n) is 1.94. The number of carbonyl (C=O) groups excluding carboxylic acids is 2. The Morgan fingerprint density at radius 2 is 1.92 bits per heavy atom. The molecule has 0 saturated carbocycles. The molecule has 0 bridgehead atoms. The van der Waals surface area contributed by atoms with Crippen LogP contribution in [0.25, 0.3) is 0 Å². The van der Waals surface area contributed by atoms with Gasteiger partial charge in [0.25, 0.3) is 11.8 Å². The Labute approximate surface area is 139 Å². The van der Waals surface area contributed by atoms with Crippen LogP contribution in [0.15, 0.2) is 48.5 Å². The van der Waals surface area contributed by atoms with E-state index in [1.54, 1.807) is 30.3 Å². The number of para-hydroxylation sites is 2. The molecule has 0 aliphatic rings. The Bertz CT molecular complexity index is 783. The van der Waals surface area contributed by atoms with E-state index in [4.69, 9.17) is 10.00 Å². The summed E-state index contributed by atoms with van der Waals surface area (Å²) in [5.74, 6) is -0.314. The second-order valence-electron chi connectivity index (χ2n) is 4.75. The highest BCUT2D eigenvalue weighted by Gasteiger charge is 2.09. The number of nitrogens with one attached hydrogen (secondary N) is 3. The molecule has 0 fully saturated rings. The molecule has 0 aliphatic carbocycles. The molecule has 7 nitrogen and oxygen atoms in total. The highest BCUT2D eigenvalue weighted by atomic mass is 16.5. The van der Waals surface area contributed by atoms with Gasteiger partial charge < -0.3 is 10.1 Å². The summed E-state index contributed by atoms with van der Waals surface area (Å²) in [6.07, 6.45) is 0. The molecule has 0 spiro atoms. The molecule has 2 rings (SSSR count). The van der Waals surface area contributed by atoms with E-state index in [1.807, 2.05) is 18.2 Å². The van der Waals surface area contributed by atoms with Crippen molar-refractivity contribution in [2.75, 3.05) is 19.0 Å². The van der Waals surface area contributed by atoms with Gasteiger partial charge in [0.05, 0.1) is 31.0 Å². The summed E-state index contributed by atoms with van der Waals surface area (Å²) in [4.78, 5) is 23.7. The molecule has 0 heterocycles. The number of methoxy groups -OCH3 is 1. The minimum atomic E-state index is -0.502. The lowest BCUT2D eigenvalue weighted by Crippen LogP contribution is -2.44. The number of benzene rings is 2. The zero-order valence-corrected chi connectivity index (χ0v) is 13.0. The number of ether oxygens (including phenoxy) is 1. The molecular formula is C17H16N4O3. The molecule has 0 unspecified atom stereocenters. The number of nitrogens with zero attached hydrogens (tertiary/aromatic N) is 1. The van der Waals surface area contributed by atoms with E-state index < -0.39 is 11.8 Å². The Hall–Kier alpha value is -3.53. The van der Waals surface area contributed by atoms with Gasteiger partial charge in [-0.1, -0.05) is 18.2 Å². The van der Waals surface area contributed by atoms with Crippen LogP contribution in [0, 0.1) is 11.3 Å². The van der Waals surface area contributed by atoms with Gasteiger partial charge in [-0.3, -0.25) is 20.4 Å². The highest BCUT2D eigenvalue weighted by molar-refractivity contribution is 5.96. The summed E-state index contributed by atoms with van der Waals surface area (Å²) in [7, 11) is 1.54. The van der Waals surface area contributed by atoms with Crippen molar-refractivity contribution in [2.24, 2.45) is 0 Å². The molecule has 0 atom stereocenters. The van der Waals surface area contributed by atoms with Crippen LogP contribution in [0.1, 0.15) is 15.9 Å². The van der Waals surface area contributed by atoms with Crippen LogP contribution < -0.4 is 20.9 Å². The second kappa shape index (κ2) is 8.19. The molecular weight excluding hydrogens is 308 g/mol.